The Morgan fingerprint density at radius 1 is 1.52 bits per heavy atom. The molecule has 1 aromatic heterocycles. The van der Waals surface area contributed by atoms with Gasteiger partial charge in [0.2, 0.25) is 0 Å². The van der Waals surface area contributed by atoms with Crippen LogP contribution in [0.15, 0.2) is 23.4 Å². The van der Waals surface area contributed by atoms with Crippen molar-refractivity contribution in [3.63, 3.8) is 0 Å². The van der Waals surface area contributed by atoms with Crippen molar-refractivity contribution < 1.29 is 9.53 Å². The Bertz CT molecular complexity index is 519. The number of azide groups is 1. The van der Waals surface area contributed by atoms with E-state index in [4.69, 9.17) is 10.3 Å². The van der Waals surface area contributed by atoms with Crippen LogP contribution < -0.4 is 0 Å². The van der Waals surface area contributed by atoms with E-state index < -0.39 is 5.97 Å². The summed E-state index contributed by atoms with van der Waals surface area (Å²) in [5.74, 6) is -0.392. The van der Waals surface area contributed by atoms with Crippen molar-refractivity contribution in [2.45, 2.75) is 25.8 Å². The lowest BCUT2D eigenvalue weighted by Gasteiger charge is -2.19. The topological polar surface area (TPSA) is 91.2 Å². The quantitative estimate of drug-likeness (QED) is 0.348. The summed E-state index contributed by atoms with van der Waals surface area (Å²) >= 11 is 0. The molecule has 7 heteroatoms. The van der Waals surface area contributed by atoms with Gasteiger partial charge in [-0.1, -0.05) is 5.11 Å². The maximum atomic E-state index is 11.6. The van der Waals surface area contributed by atoms with Crippen LogP contribution in [0.5, 0.6) is 0 Å². The van der Waals surface area contributed by atoms with Crippen molar-refractivity contribution in [2.75, 3.05) is 26.2 Å². The fourth-order valence-electron chi connectivity index (χ4n) is 2.40. The monoisotopic (exact) mass is 289 g/mol. The van der Waals surface area contributed by atoms with Crippen LogP contribution in [-0.2, 0) is 4.74 Å². The summed E-state index contributed by atoms with van der Waals surface area (Å²) < 4.78 is 4.91. The van der Waals surface area contributed by atoms with E-state index in [1.165, 1.54) is 19.0 Å². The molecule has 1 aromatic rings. The minimum absolute atomic E-state index is 0.329. The second kappa shape index (κ2) is 7.61. The number of ether oxygens (including phenoxy) is 1. The first-order valence-electron chi connectivity index (χ1n) is 7.14. The summed E-state index contributed by atoms with van der Waals surface area (Å²) in [6, 6.07) is 3.05. The SMILES string of the molecule is CCOC(=O)c1ccc(C(CN2CCCC2)N=[N+]=[N-])nc1. The average molecular weight is 289 g/mol. The van der Waals surface area contributed by atoms with E-state index >= 15 is 0 Å². The Balaban J connectivity index is 2.09. The Morgan fingerprint density at radius 3 is 2.86 bits per heavy atom. The summed E-state index contributed by atoms with van der Waals surface area (Å²) in [6.45, 7) is 4.80. The highest BCUT2D eigenvalue weighted by molar-refractivity contribution is 5.88. The number of pyridine rings is 1. The first kappa shape index (κ1) is 15.3. The Kier molecular flexibility index (Phi) is 5.54. The van der Waals surface area contributed by atoms with Gasteiger partial charge in [-0.15, -0.1) is 0 Å². The van der Waals surface area contributed by atoms with Gasteiger partial charge in [0, 0.05) is 17.7 Å². The van der Waals surface area contributed by atoms with Gasteiger partial charge in [0.15, 0.2) is 0 Å². The van der Waals surface area contributed by atoms with E-state index in [2.05, 4.69) is 19.9 Å². The van der Waals surface area contributed by atoms with Gasteiger partial charge in [-0.25, -0.2) is 4.79 Å². The van der Waals surface area contributed by atoms with Crippen molar-refractivity contribution in [3.8, 4) is 0 Å². The van der Waals surface area contributed by atoms with E-state index in [-0.39, 0.29) is 6.04 Å². The van der Waals surface area contributed by atoms with E-state index in [1.807, 2.05) is 0 Å². The molecule has 0 bridgehead atoms. The molecule has 1 aliphatic rings. The maximum Gasteiger partial charge on any atom is 0.339 e. The lowest BCUT2D eigenvalue weighted by molar-refractivity contribution is 0.0526. The summed E-state index contributed by atoms with van der Waals surface area (Å²) in [5, 5.41) is 3.83. The summed E-state index contributed by atoms with van der Waals surface area (Å²) in [5.41, 5.74) is 9.80. The van der Waals surface area contributed by atoms with Crippen LogP contribution in [0.25, 0.3) is 10.4 Å². The normalized spacial score (nSPS) is 16.2. The lowest BCUT2D eigenvalue weighted by Crippen LogP contribution is -2.25. The van der Waals surface area contributed by atoms with Crippen molar-refractivity contribution >= 4 is 5.97 Å². The Hall–Kier alpha value is -2.11. The third-order valence-corrected chi connectivity index (χ3v) is 3.46. The first-order valence-corrected chi connectivity index (χ1v) is 7.14. The molecular formula is C14H19N5O2. The standard InChI is InChI=1S/C14H19N5O2/c1-2-21-14(20)11-5-6-12(16-9-11)13(17-18-15)10-19-7-3-4-8-19/h5-6,9,13H,2-4,7-8,10H2,1H3. The van der Waals surface area contributed by atoms with Gasteiger partial charge in [-0.05, 0) is 50.5 Å². The molecule has 0 aromatic carbocycles. The molecule has 1 fully saturated rings. The molecule has 0 amide bonds. The largest absolute Gasteiger partial charge is 0.462 e. The Labute approximate surface area is 123 Å². The molecule has 2 heterocycles. The average Bonchev–Trinajstić information content (AvgIpc) is 3.00. The zero-order valence-corrected chi connectivity index (χ0v) is 12.1. The van der Waals surface area contributed by atoms with Crippen molar-refractivity contribution in [1.29, 1.82) is 0 Å². The number of likely N-dealkylation sites (tertiary alicyclic amines) is 1. The fourth-order valence-corrected chi connectivity index (χ4v) is 2.40. The molecule has 0 spiro atoms. The fraction of sp³-hybridized carbons (Fsp3) is 0.571. The molecular weight excluding hydrogens is 270 g/mol. The minimum atomic E-state index is -0.392. The van der Waals surface area contributed by atoms with Crippen LogP contribution in [0, 0.1) is 0 Å². The van der Waals surface area contributed by atoms with Crippen molar-refractivity contribution in [3.05, 3.63) is 40.0 Å². The molecule has 0 saturated carbocycles. The number of hydrogen-bond donors (Lipinski definition) is 0. The predicted molar refractivity (Wildman–Crippen MR) is 77.8 cm³/mol. The predicted octanol–water partition coefficient (Wildman–Crippen LogP) is 2.71. The van der Waals surface area contributed by atoms with Crippen LogP contribution in [-0.4, -0.2) is 42.1 Å². The second-order valence-electron chi connectivity index (χ2n) is 4.92. The van der Waals surface area contributed by atoms with Gasteiger partial charge >= 0.3 is 5.97 Å². The van der Waals surface area contributed by atoms with Gasteiger partial charge in [-0.3, -0.25) is 4.98 Å². The van der Waals surface area contributed by atoms with E-state index in [1.54, 1.807) is 19.1 Å². The molecule has 0 aliphatic carbocycles. The number of carbonyl (C=O) groups excluding carboxylic acids is 1. The maximum absolute atomic E-state index is 11.6. The highest BCUT2D eigenvalue weighted by Crippen LogP contribution is 2.20. The lowest BCUT2D eigenvalue weighted by atomic mass is 10.1. The molecule has 1 saturated heterocycles. The van der Waals surface area contributed by atoms with Crippen molar-refractivity contribution in [1.82, 2.24) is 9.88 Å². The minimum Gasteiger partial charge on any atom is -0.462 e. The number of hydrogen-bond acceptors (Lipinski definition) is 5. The number of esters is 1. The number of carbonyl (C=O) groups is 1. The summed E-state index contributed by atoms with van der Waals surface area (Å²) in [6.07, 6.45) is 3.83. The molecule has 112 valence electrons. The van der Waals surface area contributed by atoms with Crippen LogP contribution in [0.2, 0.25) is 0 Å². The van der Waals surface area contributed by atoms with Crippen LogP contribution >= 0.6 is 0 Å². The van der Waals surface area contributed by atoms with E-state index in [0.717, 1.165) is 13.1 Å². The number of rotatable bonds is 6. The van der Waals surface area contributed by atoms with Crippen LogP contribution in [0.4, 0.5) is 0 Å². The molecule has 1 aliphatic heterocycles. The number of nitrogens with zero attached hydrogens (tertiary/aromatic N) is 5. The molecule has 21 heavy (non-hydrogen) atoms. The molecule has 1 unspecified atom stereocenters. The Morgan fingerprint density at radius 2 is 2.29 bits per heavy atom. The van der Waals surface area contributed by atoms with E-state index in [9.17, 15) is 4.79 Å². The van der Waals surface area contributed by atoms with E-state index in [0.29, 0.717) is 24.4 Å². The second-order valence-corrected chi connectivity index (χ2v) is 4.92. The van der Waals surface area contributed by atoms with Gasteiger partial charge in [-0.2, -0.15) is 0 Å². The summed E-state index contributed by atoms with van der Waals surface area (Å²) in [4.78, 5) is 21.0. The molecule has 7 nitrogen and oxygen atoms in total. The zero-order chi connectivity index (χ0) is 15.1. The third-order valence-electron chi connectivity index (χ3n) is 3.46. The third kappa shape index (κ3) is 4.18. The smallest absolute Gasteiger partial charge is 0.339 e. The van der Waals surface area contributed by atoms with Crippen molar-refractivity contribution in [2.24, 2.45) is 5.11 Å². The summed E-state index contributed by atoms with van der Waals surface area (Å²) in [7, 11) is 0. The highest BCUT2D eigenvalue weighted by Gasteiger charge is 2.19. The highest BCUT2D eigenvalue weighted by atomic mass is 16.5. The first-order chi connectivity index (χ1) is 10.2. The zero-order valence-electron chi connectivity index (χ0n) is 12.1. The molecule has 2 rings (SSSR count). The van der Waals surface area contributed by atoms with Gasteiger partial charge in [0.25, 0.3) is 0 Å². The van der Waals surface area contributed by atoms with Gasteiger partial charge in [0.05, 0.1) is 23.9 Å². The van der Waals surface area contributed by atoms with Gasteiger partial charge in [0.1, 0.15) is 0 Å². The molecule has 1 atom stereocenters. The molecule has 0 N–H and O–H groups in total. The van der Waals surface area contributed by atoms with Gasteiger partial charge < -0.3 is 9.64 Å². The number of aromatic nitrogens is 1. The molecule has 0 radical (unpaired) electrons. The van der Waals surface area contributed by atoms with Crippen LogP contribution in [0.3, 0.4) is 0 Å². The van der Waals surface area contributed by atoms with Crippen LogP contribution in [0.1, 0.15) is 41.9 Å².